The number of hydrogen-bond donors (Lipinski definition) is 2. The molecule has 3 N–H and O–H groups in total. The van der Waals surface area contributed by atoms with Crippen LogP contribution in [0, 0.1) is 0 Å². The van der Waals surface area contributed by atoms with Crippen molar-refractivity contribution in [2.24, 2.45) is 10.8 Å². The molecule has 2 aliphatic heterocycles. The van der Waals surface area contributed by atoms with E-state index in [1.165, 1.54) is 16.7 Å². The van der Waals surface area contributed by atoms with Crippen molar-refractivity contribution in [3.63, 3.8) is 0 Å². The number of primary amides is 1. The minimum atomic E-state index is -0.637. The van der Waals surface area contributed by atoms with Crippen molar-refractivity contribution >= 4 is 34.4 Å². The van der Waals surface area contributed by atoms with E-state index in [2.05, 4.69) is 10.5 Å². The average molecular weight is 333 g/mol. The van der Waals surface area contributed by atoms with E-state index in [0.717, 1.165) is 0 Å². The number of hydrazone groups is 1. The van der Waals surface area contributed by atoms with Crippen LogP contribution in [-0.4, -0.2) is 40.9 Å². The molecule has 0 aromatic heterocycles. The Morgan fingerprint density at radius 1 is 1.48 bits per heavy atom. The minimum absolute atomic E-state index is 0.103. The molecule has 9 heteroatoms. The van der Waals surface area contributed by atoms with Crippen LogP contribution in [-0.2, 0) is 9.59 Å². The van der Waals surface area contributed by atoms with E-state index in [0.29, 0.717) is 16.6 Å². The smallest absolute Gasteiger partial charge is 0.276 e. The second kappa shape index (κ2) is 6.21. The Bertz CT molecular complexity index is 705. The highest BCUT2D eigenvalue weighted by molar-refractivity contribution is 8.14. The number of anilines is 1. The molecule has 1 aromatic carbocycles. The number of nitrogens with zero attached hydrogens (tertiary/aromatic N) is 3. The monoisotopic (exact) mass is 333 g/mol. The van der Waals surface area contributed by atoms with E-state index >= 15 is 0 Å². The van der Waals surface area contributed by atoms with Crippen molar-refractivity contribution in [2.75, 3.05) is 17.8 Å². The number of carbonyl (C=O) groups is 2. The Morgan fingerprint density at radius 2 is 2.30 bits per heavy atom. The summed E-state index contributed by atoms with van der Waals surface area (Å²) in [7, 11) is 1.57. The number of nitrogens with one attached hydrogen (secondary N) is 1. The third-order valence-electron chi connectivity index (χ3n) is 3.30. The first-order valence-corrected chi connectivity index (χ1v) is 7.77. The van der Waals surface area contributed by atoms with Gasteiger partial charge in [0.05, 0.1) is 18.6 Å². The zero-order chi connectivity index (χ0) is 16.4. The summed E-state index contributed by atoms with van der Waals surface area (Å²) in [4.78, 5) is 26.7. The van der Waals surface area contributed by atoms with Gasteiger partial charge in [0, 0.05) is 18.5 Å². The van der Waals surface area contributed by atoms with Crippen molar-refractivity contribution in [3.8, 4) is 5.75 Å². The van der Waals surface area contributed by atoms with Crippen LogP contribution < -0.4 is 20.8 Å². The lowest BCUT2D eigenvalue weighted by atomic mass is 10.2. The Hall–Kier alpha value is -2.68. The summed E-state index contributed by atoms with van der Waals surface area (Å²) in [5.74, 6) is 0.149. The number of methoxy groups -OCH3 is 1. The molecule has 0 saturated carbocycles. The lowest BCUT2D eigenvalue weighted by Gasteiger charge is -2.31. The van der Waals surface area contributed by atoms with Crippen LogP contribution in [0.1, 0.15) is 0 Å². The molecule has 2 aliphatic rings. The van der Waals surface area contributed by atoms with Crippen LogP contribution in [0.4, 0.5) is 5.69 Å². The largest absolute Gasteiger partial charge is 0.497 e. The van der Waals surface area contributed by atoms with Gasteiger partial charge in [0.2, 0.25) is 12.1 Å². The first kappa shape index (κ1) is 15.2. The fourth-order valence-corrected chi connectivity index (χ4v) is 2.93. The van der Waals surface area contributed by atoms with Crippen LogP contribution in [0.25, 0.3) is 0 Å². The second-order valence-corrected chi connectivity index (χ2v) is 5.74. The van der Waals surface area contributed by atoms with E-state index in [9.17, 15) is 9.59 Å². The van der Waals surface area contributed by atoms with Gasteiger partial charge in [0.1, 0.15) is 5.75 Å². The molecule has 2 heterocycles. The quantitative estimate of drug-likeness (QED) is 0.818. The molecule has 3 rings (SSSR count). The number of amides is 2. The van der Waals surface area contributed by atoms with Gasteiger partial charge in [-0.2, -0.15) is 5.10 Å². The first-order valence-electron chi connectivity index (χ1n) is 6.78. The van der Waals surface area contributed by atoms with E-state index in [4.69, 9.17) is 10.5 Å². The van der Waals surface area contributed by atoms with Crippen molar-refractivity contribution in [1.82, 2.24) is 10.3 Å². The van der Waals surface area contributed by atoms with Gasteiger partial charge in [-0.3, -0.25) is 24.8 Å². The molecular formula is C14H15N5O3S. The van der Waals surface area contributed by atoms with Crippen molar-refractivity contribution < 1.29 is 14.3 Å². The number of carbonyl (C=O) groups excluding carboxylic acids is 2. The number of benzene rings is 1. The Kier molecular flexibility index (Phi) is 4.11. The molecule has 23 heavy (non-hydrogen) atoms. The van der Waals surface area contributed by atoms with E-state index in [1.54, 1.807) is 30.5 Å². The molecular weight excluding hydrogens is 318 g/mol. The molecule has 1 atom stereocenters. The fourth-order valence-electron chi connectivity index (χ4n) is 2.23. The summed E-state index contributed by atoms with van der Waals surface area (Å²) in [5, 5.41) is 4.62. The third kappa shape index (κ3) is 2.95. The van der Waals surface area contributed by atoms with Gasteiger partial charge in [-0.1, -0.05) is 17.8 Å². The molecule has 0 spiro atoms. The van der Waals surface area contributed by atoms with Gasteiger partial charge < -0.3 is 10.5 Å². The highest BCUT2D eigenvalue weighted by Gasteiger charge is 2.38. The summed E-state index contributed by atoms with van der Waals surface area (Å²) in [5.41, 5.74) is 8.61. The molecule has 0 radical (unpaired) electrons. The van der Waals surface area contributed by atoms with Crippen molar-refractivity contribution in [2.45, 2.75) is 6.17 Å². The molecule has 0 saturated heterocycles. The number of nitrogens with two attached hydrogens (primary N) is 1. The SMILES string of the molecule is COc1cccc(N2C=CN3C(SCC(N)=O)=NNC3C2=O)c1. The number of thioether (sulfide) groups is 1. The summed E-state index contributed by atoms with van der Waals surface area (Å²) in [6, 6.07) is 7.22. The predicted molar refractivity (Wildman–Crippen MR) is 87.5 cm³/mol. The Balaban J connectivity index is 1.79. The van der Waals surface area contributed by atoms with Gasteiger partial charge in [-0.05, 0) is 12.1 Å². The summed E-state index contributed by atoms with van der Waals surface area (Å²) in [6.07, 6.45) is 2.75. The maximum absolute atomic E-state index is 12.6. The number of ether oxygens (including phenoxy) is 1. The lowest BCUT2D eigenvalue weighted by Crippen LogP contribution is -2.52. The topological polar surface area (TPSA) is 100 Å². The van der Waals surface area contributed by atoms with Gasteiger partial charge in [-0.25, -0.2) is 0 Å². The lowest BCUT2D eigenvalue weighted by molar-refractivity contribution is -0.122. The molecule has 1 unspecified atom stereocenters. The minimum Gasteiger partial charge on any atom is -0.497 e. The van der Waals surface area contributed by atoms with Crippen LogP contribution >= 0.6 is 11.8 Å². The van der Waals surface area contributed by atoms with E-state index in [1.807, 2.05) is 18.2 Å². The predicted octanol–water partition coefficient (Wildman–Crippen LogP) is 0.234. The van der Waals surface area contributed by atoms with Gasteiger partial charge in [0.25, 0.3) is 5.91 Å². The highest BCUT2D eigenvalue weighted by Crippen LogP contribution is 2.27. The van der Waals surface area contributed by atoms with Gasteiger partial charge >= 0.3 is 0 Å². The zero-order valence-electron chi connectivity index (χ0n) is 12.3. The number of rotatable bonds is 4. The number of hydrogen-bond acceptors (Lipinski definition) is 7. The maximum atomic E-state index is 12.6. The summed E-state index contributed by atoms with van der Waals surface area (Å²) in [6.45, 7) is 0. The van der Waals surface area contributed by atoms with Crippen LogP contribution in [0.5, 0.6) is 5.75 Å². The molecule has 120 valence electrons. The number of fused-ring (bicyclic) bond motifs is 1. The van der Waals surface area contributed by atoms with Crippen LogP contribution in [0.2, 0.25) is 0 Å². The maximum Gasteiger partial charge on any atom is 0.276 e. The molecule has 2 amide bonds. The second-order valence-electron chi connectivity index (χ2n) is 4.80. The van der Waals surface area contributed by atoms with Crippen molar-refractivity contribution in [3.05, 3.63) is 36.7 Å². The normalized spacial score (nSPS) is 19.3. The Morgan fingerprint density at radius 3 is 3.04 bits per heavy atom. The average Bonchev–Trinajstić information content (AvgIpc) is 2.97. The molecule has 8 nitrogen and oxygen atoms in total. The van der Waals surface area contributed by atoms with Crippen LogP contribution in [0.15, 0.2) is 41.8 Å². The van der Waals surface area contributed by atoms with Crippen molar-refractivity contribution in [1.29, 1.82) is 0 Å². The highest BCUT2D eigenvalue weighted by atomic mass is 32.2. The first-order chi connectivity index (χ1) is 11.1. The molecule has 1 aromatic rings. The van der Waals surface area contributed by atoms with Gasteiger partial charge in [0.15, 0.2) is 5.17 Å². The fraction of sp³-hybridized carbons (Fsp3) is 0.214. The van der Waals surface area contributed by atoms with E-state index < -0.39 is 12.1 Å². The van der Waals surface area contributed by atoms with Crippen LogP contribution in [0.3, 0.4) is 0 Å². The summed E-state index contributed by atoms with van der Waals surface area (Å²) >= 11 is 1.18. The Labute approximate surface area is 136 Å². The summed E-state index contributed by atoms with van der Waals surface area (Å²) < 4.78 is 5.18. The standard InChI is InChI=1S/C14H15N5O3S/c1-22-10-4-2-3-9(7-10)18-5-6-19-12(13(18)21)16-17-14(19)23-8-11(15)20/h2-7,12,16H,8H2,1H3,(H2,15,20). The molecule has 0 aliphatic carbocycles. The zero-order valence-corrected chi connectivity index (χ0v) is 13.1. The van der Waals surface area contributed by atoms with Gasteiger partial charge in [-0.15, -0.1) is 0 Å². The van der Waals surface area contributed by atoms with E-state index in [-0.39, 0.29) is 11.7 Å². The number of amidine groups is 1. The molecule has 0 fully saturated rings. The molecule has 0 bridgehead atoms. The third-order valence-corrected chi connectivity index (χ3v) is 4.29.